The number of ether oxygens (including phenoxy) is 2. The van der Waals surface area contributed by atoms with E-state index in [1.807, 2.05) is 4.72 Å². The second kappa shape index (κ2) is 9.98. The lowest BCUT2D eigenvalue weighted by molar-refractivity contribution is -0.272. The third-order valence-electron chi connectivity index (χ3n) is 6.21. The van der Waals surface area contributed by atoms with Crippen LogP contribution in [0.25, 0.3) is 0 Å². The van der Waals surface area contributed by atoms with E-state index in [1.54, 1.807) is 0 Å². The van der Waals surface area contributed by atoms with E-state index in [4.69, 9.17) is 15.2 Å². The maximum absolute atomic E-state index is 14.5. The summed E-state index contributed by atoms with van der Waals surface area (Å²) in [4.78, 5) is 28.7. The van der Waals surface area contributed by atoms with Crippen LogP contribution in [0.4, 0.5) is 33.5 Å². The fourth-order valence-electron chi connectivity index (χ4n) is 4.22. The summed E-state index contributed by atoms with van der Waals surface area (Å²) >= 11 is 0. The van der Waals surface area contributed by atoms with E-state index in [9.17, 15) is 40.0 Å². The number of anilines is 2. The predicted molar refractivity (Wildman–Crippen MR) is 124 cm³/mol. The van der Waals surface area contributed by atoms with Crippen LogP contribution in [-0.4, -0.2) is 56.5 Å². The fourth-order valence-corrected chi connectivity index (χ4v) is 4.71. The van der Waals surface area contributed by atoms with Crippen LogP contribution in [0.5, 0.6) is 5.75 Å². The van der Waals surface area contributed by atoms with Gasteiger partial charge in [0, 0.05) is 29.2 Å². The number of hydrogen-bond acceptors (Lipinski definition) is 7. The van der Waals surface area contributed by atoms with Crippen molar-refractivity contribution in [3.05, 3.63) is 47.2 Å². The summed E-state index contributed by atoms with van der Waals surface area (Å²) in [7, 11) is -2.90. The molecule has 0 spiro atoms. The minimum absolute atomic E-state index is 0.251. The molecule has 2 amide bonds. The molecule has 0 radical (unpaired) electrons. The Balaban J connectivity index is 2.10. The molecule has 208 valence electrons. The highest BCUT2D eigenvalue weighted by molar-refractivity contribution is 7.92. The van der Waals surface area contributed by atoms with E-state index in [0.717, 1.165) is 45.4 Å². The number of methoxy groups -OCH3 is 1. The lowest BCUT2D eigenvalue weighted by Crippen LogP contribution is -2.47. The normalized spacial score (nSPS) is 23.7. The third kappa shape index (κ3) is 5.50. The van der Waals surface area contributed by atoms with Gasteiger partial charge in [-0.15, -0.1) is 0 Å². The number of halogens is 5. The van der Waals surface area contributed by atoms with Crippen molar-refractivity contribution in [1.82, 2.24) is 4.98 Å². The van der Waals surface area contributed by atoms with Crippen molar-refractivity contribution < 1.29 is 49.4 Å². The number of nitrogens with two attached hydrogens (primary N) is 1. The highest BCUT2D eigenvalue weighted by atomic mass is 32.2. The van der Waals surface area contributed by atoms with Crippen molar-refractivity contribution >= 4 is 33.3 Å². The quantitative estimate of drug-likeness (QED) is 0.436. The maximum Gasteiger partial charge on any atom is 0.417 e. The molecule has 1 aromatic carbocycles. The highest BCUT2D eigenvalue weighted by Crippen LogP contribution is 2.55. The van der Waals surface area contributed by atoms with Gasteiger partial charge in [0.25, 0.3) is 11.8 Å². The Hall–Kier alpha value is -3.53. The molecule has 38 heavy (non-hydrogen) atoms. The highest BCUT2D eigenvalue weighted by Gasteiger charge is 2.65. The van der Waals surface area contributed by atoms with E-state index in [0.29, 0.717) is 6.07 Å². The van der Waals surface area contributed by atoms with E-state index in [-0.39, 0.29) is 11.3 Å². The summed E-state index contributed by atoms with van der Waals surface area (Å²) < 4.78 is 106. The molecule has 4 atom stereocenters. The van der Waals surface area contributed by atoms with Gasteiger partial charge in [0.2, 0.25) is 15.8 Å². The number of hydrogen-bond donors (Lipinski definition) is 3. The van der Waals surface area contributed by atoms with Crippen LogP contribution in [0, 0.1) is 17.6 Å². The predicted octanol–water partition coefficient (Wildman–Crippen LogP) is 2.92. The van der Waals surface area contributed by atoms with Crippen LogP contribution in [0.2, 0.25) is 0 Å². The van der Waals surface area contributed by atoms with E-state index < -0.39 is 80.5 Å². The summed E-state index contributed by atoms with van der Waals surface area (Å²) in [6.07, 6.45) is -6.12. The monoisotopic (exact) mass is 566 g/mol. The molecular formula is C22H23F5N4O6S. The van der Waals surface area contributed by atoms with Gasteiger partial charge in [-0.1, -0.05) is 13.0 Å². The van der Waals surface area contributed by atoms with Crippen LogP contribution < -0.4 is 20.5 Å². The van der Waals surface area contributed by atoms with Gasteiger partial charge in [-0.2, -0.15) is 17.6 Å². The van der Waals surface area contributed by atoms with Crippen LogP contribution in [0.3, 0.4) is 0 Å². The number of nitrogens with zero attached hydrogens (tertiary/aromatic N) is 1. The zero-order chi connectivity index (χ0) is 28.8. The van der Waals surface area contributed by atoms with Crippen molar-refractivity contribution in [2.75, 3.05) is 23.4 Å². The molecule has 2 aromatic rings. The lowest BCUT2D eigenvalue weighted by atomic mass is 9.77. The number of nitrogens with one attached hydrogen (secondary N) is 2. The summed E-state index contributed by atoms with van der Waals surface area (Å²) in [5.41, 5.74) is 1.32. The molecule has 10 nitrogen and oxygen atoms in total. The Bertz CT molecular complexity index is 1390. The SMILES string of the molecule is COc1c([C@H]2[C@H](C(=O)Nc3cc(NS(C)(=O)=O)nc(C(N)=O)c3)O[C@@](C)(C(F)(F)F)[C@H]2C)ccc(F)c1F. The number of benzene rings is 1. The summed E-state index contributed by atoms with van der Waals surface area (Å²) in [6, 6.07) is 3.63. The topological polar surface area (TPSA) is 150 Å². The number of amides is 2. The molecule has 1 aliphatic rings. The summed E-state index contributed by atoms with van der Waals surface area (Å²) in [5.74, 6) is -9.16. The maximum atomic E-state index is 14.5. The number of carbonyl (C=O) groups is 2. The molecule has 2 heterocycles. The zero-order valence-corrected chi connectivity index (χ0v) is 21.1. The van der Waals surface area contributed by atoms with Crippen LogP contribution in [0.1, 0.15) is 35.8 Å². The summed E-state index contributed by atoms with van der Waals surface area (Å²) in [6.45, 7) is 1.86. The number of pyridine rings is 1. The van der Waals surface area contributed by atoms with Crippen molar-refractivity contribution in [3.63, 3.8) is 0 Å². The summed E-state index contributed by atoms with van der Waals surface area (Å²) in [5, 5.41) is 2.26. The third-order valence-corrected chi connectivity index (χ3v) is 6.79. The van der Waals surface area contributed by atoms with Crippen molar-refractivity contribution in [2.45, 2.75) is 37.6 Å². The average Bonchev–Trinajstić information content (AvgIpc) is 3.06. The average molecular weight is 567 g/mol. The van der Waals surface area contributed by atoms with E-state index in [1.165, 1.54) is 0 Å². The van der Waals surface area contributed by atoms with Crippen molar-refractivity contribution in [2.24, 2.45) is 11.7 Å². The van der Waals surface area contributed by atoms with Gasteiger partial charge < -0.3 is 20.5 Å². The lowest BCUT2D eigenvalue weighted by Gasteiger charge is -2.32. The van der Waals surface area contributed by atoms with E-state index in [2.05, 4.69) is 10.3 Å². The molecule has 1 aromatic heterocycles. The van der Waals surface area contributed by atoms with Gasteiger partial charge in [0.05, 0.1) is 13.4 Å². The Morgan fingerprint density at radius 2 is 1.84 bits per heavy atom. The Kier molecular flexibility index (Phi) is 7.62. The minimum atomic E-state index is -4.98. The Morgan fingerprint density at radius 1 is 1.21 bits per heavy atom. The van der Waals surface area contributed by atoms with Gasteiger partial charge in [0.15, 0.2) is 17.2 Å². The Labute approximate surface area is 213 Å². The smallest absolute Gasteiger partial charge is 0.417 e. The molecule has 0 saturated carbocycles. The van der Waals surface area contributed by atoms with Crippen molar-refractivity contribution in [3.8, 4) is 5.75 Å². The van der Waals surface area contributed by atoms with E-state index >= 15 is 0 Å². The van der Waals surface area contributed by atoms with Crippen LogP contribution in [0.15, 0.2) is 24.3 Å². The number of sulfonamides is 1. The second-order valence-corrected chi connectivity index (χ2v) is 10.5. The zero-order valence-electron chi connectivity index (χ0n) is 20.3. The molecule has 0 unspecified atom stereocenters. The van der Waals surface area contributed by atoms with Gasteiger partial charge in [-0.05, 0) is 19.1 Å². The standard InChI is InChI=1S/C22H23F5N4O6S/c1-9-15(11-5-6-12(23)16(24)17(11)36-3)18(37-21(9,2)22(25,26)27)20(33)29-10-7-13(19(28)32)30-14(8-10)31-38(4,34)35/h5-9,15,18H,1-4H3,(H2,28,32)(H2,29,30,31,33)/t9-,15-,18+,21+/m0/s1. The molecule has 0 aliphatic carbocycles. The number of carbonyl (C=O) groups excluding carboxylic acids is 2. The molecule has 1 aliphatic heterocycles. The minimum Gasteiger partial charge on any atom is -0.493 e. The Morgan fingerprint density at radius 3 is 2.37 bits per heavy atom. The van der Waals surface area contributed by atoms with Gasteiger partial charge in [-0.3, -0.25) is 14.3 Å². The molecule has 1 fully saturated rings. The number of alkyl halides is 3. The second-order valence-electron chi connectivity index (χ2n) is 8.80. The number of primary amides is 1. The molecule has 3 rings (SSSR count). The largest absolute Gasteiger partial charge is 0.493 e. The molecule has 4 N–H and O–H groups in total. The van der Waals surface area contributed by atoms with Crippen LogP contribution >= 0.6 is 0 Å². The van der Waals surface area contributed by atoms with Gasteiger partial charge in [0.1, 0.15) is 17.6 Å². The number of rotatable bonds is 7. The van der Waals surface area contributed by atoms with Gasteiger partial charge in [-0.25, -0.2) is 17.8 Å². The first kappa shape index (κ1) is 29.0. The first-order chi connectivity index (χ1) is 17.4. The first-order valence-corrected chi connectivity index (χ1v) is 12.7. The number of aromatic nitrogens is 1. The molecule has 0 bridgehead atoms. The molecular weight excluding hydrogens is 543 g/mol. The van der Waals surface area contributed by atoms with Gasteiger partial charge >= 0.3 is 6.18 Å². The van der Waals surface area contributed by atoms with Crippen molar-refractivity contribution in [1.29, 1.82) is 0 Å². The first-order valence-electron chi connectivity index (χ1n) is 10.8. The fraction of sp³-hybridized carbons (Fsp3) is 0.409. The molecule has 16 heteroatoms. The van der Waals surface area contributed by atoms with Crippen LogP contribution in [-0.2, 0) is 19.6 Å². The molecule has 1 saturated heterocycles.